The van der Waals surface area contributed by atoms with Crippen molar-refractivity contribution in [1.82, 2.24) is 5.32 Å². The van der Waals surface area contributed by atoms with Crippen LogP contribution in [0, 0.1) is 0 Å². The van der Waals surface area contributed by atoms with Gasteiger partial charge in [-0.3, -0.25) is 13.8 Å². The van der Waals surface area contributed by atoms with E-state index in [9.17, 15) is 19.4 Å². The van der Waals surface area contributed by atoms with Gasteiger partial charge in [-0.15, -0.1) is 0 Å². The molecule has 0 rings (SSSR count). The van der Waals surface area contributed by atoms with Gasteiger partial charge in [0.1, 0.15) is 13.2 Å². The van der Waals surface area contributed by atoms with Crippen LogP contribution in [0.25, 0.3) is 0 Å². The second-order valence-electron chi connectivity index (χ2n) is 16.7. The fourth-order valence-corrected chi connectivity index (χ4v) is 6.89. The molecule has 0 aromatic carbocycles. The van der Waals surface area contributed by atoms with Crippen LogP contribution < -0.4 is 5.32 Å². The zero-order valence-electron chi connectivity index (χ0n) is 38.5. The molecule has 3 N–H and O–H groups in total. The molecule has 3 unspecified atom stereocenters. The van der Waals surface area contributed by atoms with E-state index in [0.717, 1.165) is 57.8 Å². The Labute approximate surface area is 363 Å². The summed E-state index contributed by atoms with van der Waals surface area (Å²) in [6.45, 7) is 4.62. The fourth-order valence-electron chi connectivity index (χ4n) is 6.15. The average Bonchev–Trinajstić information content (AvgIpc) is 3.19. The number of amides is 1. The lowest BCUT2D eigenvalue weighted by Crippen LogP contribution is -2.45. The van der Waals surface area contributed by atoms with Crippen LogP contribution in [0.2, 0.25) is 0 Å². The van der Waals surface area contributed by atoms with Crippen molar-refractivity contribution in [3.63, 3.8) is 0 Å². The molecule has 0 spiro atoms. The first-order chi connectivity index (χ1) is 28.5. The second kappa shape index (κ2) is 41.1. The molecule has 0 saturated heterocycles. The molecule has 8 nitrogen and oxygen atoms in total. The van der Waals surface area contributed by atoms with E-state index in [2.05, 4.69) is 92.1 Å². The number of rotatable bonds is 41. The predicted molar refractivity (Wildman–Crippen MR) is 253 cm³/mol. The van der Waals surface area contributed by atoms with E-state index in [1.807, 2.05) is 27.2 Å². The second-order valence-corrected chi connectivity index (χ2v) is 18.2. The number of unbranched alkanes of at least 4 members (excludes halogenated alkanes) is 16. The fraction of sp³-hybridized carbons (Fsp3) is 0.700. The highest BCUT2D eigenvalue weighted by Crippen LogP contribution is 2.43. The molecule has 59 heavy (non-hydrogen) atoms. The van der Waals surface area contributed by atoms with E-state index in [-0.39, 0.29) is 25.5 Å². The summed E-state index contributed by atoms with van der Waals surface area (Å²) in [5.74, 6) is -0.247. The number of aliphatic hydroxyl groups is 1. The molecule has 0 aliphatic carbocycles. The third-order valence-electron chi connectivity index (χ3n) is 9.85. The van der Waals surface area contributed by atoms with E-state index in [1.165, 1.54) is 89.9 Å². The van der Waals surface area contributed by atoms with Gasteiger partial charge >= 0.3 is 7.82 Å². The SMILES string of the molecule is CC/C=C\C/C=C\C/C=C\C/C=C\C/C=C\CCCC(=O)NC(COP(=O)(O)OCC[N+](C)(C)C)C(O)/C=C/CC/C=C/CCCCCCCCCCCCCCCC. The number of nitrogens with zero attached hydrogens (tertiary/aromatic N) is 1. The number of likely N-dealkylation sites (N-methyl/N-ethyl adjacent to an activating group) is 1. The number of carbonyl (C=O) groups is 1. The van der Waals surface area contributed by atoms with E-state index in [0.29, 0.717) is 17.4 Å². The average molecular weight is 846 g/mol. The van der Waals surface area contributed by atoms with Crippen LogP contribution in [0.5, 0.6) is 0 Å². The molecule has 0 radical (unpaired) electrons. The van der Waals surface area contributed by atoms with Gasteiger partial charge in [-0.25, -0.2) is 4.57 Å². The lowest BCUT2D eigenvalue weighted by Gasteiger charge is -2.25. The summed E-state index contributed by atoms with van der Waals surface area (Å²) >= 11 is 0. The topological polar surface area (TPSA) is 105 Å². The van der Waals surface area contributed by atoms with Crippen molar-refractivity contribution in [2.24, 2.45) is 0 Å². The van der Waals surface area contributed by atoms with Gasteiger partial charge in [-0.05, 0) is 70.6 Å². The molecule has 0 aromatic heterocycles. The summed E-state index contributed by atoms with van der Waals surface area (Å²) in [5, 5.41) is 13.8. The van der Waals surface area contributed by atoms with E-state index < -0.39 is 20.0 Å². The van der Waals surface area contributed by atoms with Crippen LogP contribution in [-0.2, 0) is 18.4 Å². The van der Waals surface area contributed by atoms with Crippen LogP contribution >= 0.6 is 7.82 Å². The number of hydrogen-bond donors (Lipinski definition) is 3. The molecule has 1 amide bonds. The lowest BCUT2D eigenvalue weighted by molar-refractivity contribution is -0.870. The Balaban J connectivity index is 4.54. The summed E-state index contributed by atoms with van der Waals surface area (Å²) in [5.41, 5.74) is 0. The van der Waals surface area contributed by atoms with Crippen molar-refractivity contribution in [3.8, 4) is 0 Å². The molecule has 340 valence electrons. The number of carbonyl (C=O) groups excluding carboxylic acids is 1. The Morgan fingerprint density at radius 1 is 0.593 bits per heavy atom. The Bertz CT molecular complexity index is 1230. The van der Waals surface area contributed by atoms with Crippen LogP contribution in [0.15, 0.2) is 85.1 Å². The quantitative estimate of drug-likeness (QED) is 0.0245. The molecular weight excluding hydrogens is 756 g/mol. The lowest BCUT2D eigenvalue weighted by atomic mass is 10.0. The number of quaternary nitrogens is 1. The van der Waals surface area contributed by atoms with Crippen LogP contribution in [0.1, 0.15) is 174 Å². The third-order valence-corrected chi connectivity index (χ3v) is 10.8. The summed E-state index contributed by atoms with van der Waals surface area (Å²) in [6.07, 6.45) is 56.7. The predicted octanol–water partition coefficient (Wildman–Crippen LogP) is 13.4. The maximum absolute atomic E-state index is 12.9. The monoisotopic (exact) mass is 846 g/mol. The van der Waals surface area contributed by atoms with Crippen LogP contribution in [0.4, 0.5) is 0 Å². The van der Waals surface area contributed by atoms with E-state index >= 15 is 0 Å². The molecule has 0 fully saturated rings. The zero-order chi connectivity index (χ0) is 43.6. The van der Waals surface area contributed by atoms with Gasteiger partial charge in [-0.1, -0.05) is 182 Å². The summed E-state index contributed by atoms with van der Waals surface area (Å²) in [6, 6.07) is -0.897. The molecule has 0 aliphatic heterocycles. The van der Waals surface area contributed by atoms with Crippen molar-refractivity contribution in [2.45, 2.75) is 187 Å². The Kier molecular flexibility index (Phi) is 39.4. The van der Waals surface area contributed by atoms with Crippen LogP contribution in [-0.4, -0.2) is 73.4 Å². The standard InChI is InChI=1S/C50H89N2O6P/c1-6-8-10-12-14-16-18-20-22-24-25-26-28-29-31-33-35-37-39-41-43-49(53)48(47-58-59(55,56)57-46-45-52(3,4)5)51-50(54)44-42-40-38-36-34-32-30-27-23-21-19-17-15-13-11-9-7-2/h9,11,15,17,21,23,30,32-33,35-36,38,41,43,48-49,53H,6-8,10,12-14,16,18-20,22,24-29,31,34,37,39-40,42,44-47H2,1-5H3,(H-,51,54,55,56)/p+1/b11-9-,17-15-,23-21-,32-30-,35-33+,38-36-,43-41+. The minimum absolute atomic E-state index is 0.0411. The molecule has 0 aromatic rings. The molecule has 3 atom stereocenters. The normalized spacial score (nSPS) is 15.0. The molecule has 0 heterocycles. The van der Waals surface area contributed by atoms with Gasteiger partial charge in [-0.2, -0.15) is 0 Å². The smallest absolute Gasteiger partial charge is 0.387 e. The summed E-state index contributed by atoms with van der Waals surface area (Å²) in [7, 11) is 1.50. The van der Waals surface area contributed by atoms with Crippen molar-refractivity contribution < 1.29 is 32.9 Å². The van der Waals surface area contributed by atoms with Crippen molar-refractivity contribution in [3.05, 3.63) is 85.1 Å². The van der Waals surface area contributed by atoms with Gasteiger partial charge in [0.2, 0.25) is 5.91 Å². The van der Waals surface area contributed by atoms with Gasteiger partial charge in [0.05, 0.1) is 39.9 Å². The zero-order valence-corrected chi connectivity index (χ0v) is 39.4. The minimum atomic E-state index is -4.37. The Morgan fingerprint density at radius 3 is 1.56 bits per heavy atom. The Morgan fingerprint density at radius 2 is 1.03 bits per heavy atom. The first kappa shape index (κ1) is 56.7. The van der Waals surface area contributed by atoms with Gasteiger partial charge in [0, 0.05) is 6.42 Å². The molecule has 9 heteroatoms. The van der Waals surface area contributed by atoms with Gasteiger partial charge in [0.25, 0.3) is 0 Å². The van der Waals surface area contributed by atoms with E-state index in [4.69, 9.17) is 9.05 Å². The first-order valence-corrected chi connectivity index (χ1v) is 25.0. The molecule has 0 aliphatic rings. The molecular formula is C50H90N2O6P+. The third kappa shape index (κ3) is 43.6. The van der Waals surface area contributed by atoms with Gasteiger partial charge in [0.15, 0.2) is 0 Å². The van der Waals surface area contributed by atoms with Gasteiger partial charge < -0.3 is 19.8 Å². The Hall–Kier alpha value is -2.32. The van der Waals surface area contributed by atoms with Crippen molar-refractivity contribution in [2.75, 3.05) is 40.9 Å². The highest BCUT2D eigenvalue weighted by atomic mass is 31.2. The maximum Gasteiger partial charge on any atom is 0.472 e. The number of nitrogens with one attached hydrogen (secondary N) is 1. The van der Waals surface area contributed by atoms with Crippen LogP contribution in [0.3, 0.4) is 0 Å². The summed E-state index contributed by atoms with van der Waals surface area (Å²) in [4.78, 5) is 23.1. The molecule has 0 saturated carbocycles. The molecule has 0 bridgehead atoms. The van der Waals surface area contributed by atoms with Crippen molar-refractivity contribution in [1.29, 1.82) is 0 Å². The highest BCUT2D eigenvalue weighted by molar-refractivity contribution is 7.47. The maximum atomic E-state index is 12.9. The number of aliphatic hydroxyl groups excluding tert-OH is 1. The number of hydrogen-bond acceptors (Lipinski definition) is 5. The first-order valence-electron chi connectivity index (χ1n) is 23.5. The largest absolute Gasteiger partial charge is 0.472 e. The number of allylic oxidation sites excluding steroid dienone is 13. The highest BCUT2D eigenvalue weighted by Gasteiger charge is 2.27. The number of phosphoric ester groups is 1. The minimum Gasteiger partial charge on any atom is -0.387 e. The van der Waals surface area contributed by atoms with Crippen molar-refractivity contribution >= 4 is 13.7 Å². The summed E-state index contributed by atoms with van der Waals surface area (Å²) < 4.78 is 23.5. The van der Waals surface area contributed by atoms with E-state index in [1.54, 1.807) is 6.08 Å². The number of phosphoric acid groups is 1.